The van der Waals surface area contributed by atoms with Gasteiger partial charge >= 0.3 is 0 Å². The Kier molecular flexibility index (Phi) is 16.3. The molecule has 0 radical (unpaired) electrons. The fourth-order valence-corrected chi connectivity index (χ4v) is 11.7. The van der Waals surface area contributed by atoms with Gasteiger partial charge in [-0.1, -0.05) is 84.9 Å². The van der Waals surface area contributed by atoms with Crippen LogP contribution in [0, 0.1) is 154 Å². The summed E-state index contributed by atoms with van der Waals surface area (Å²) >= 11 is 0. The van der Waals surface area contributed by atoms with Crippen molar-refractivity contribution >= 4 is 89.8 Å². The van der Waals surface area contributed by atoms with Crippen molar-refractivity contribution < 1.29 is 35.1 Å². The minimum atomic E-state index is -2.11. The van der Waals surface area contributed by atoms with Gasteiger partial charge in [0, 0.05) is 39.5 Å². The van der Waals surface area contributed by atoms with E-state index >= 15 is 17.6 Å². The van der Waals surface area contributed by atoms with Gasteiger partial charge in [-0.15, -0.1) is 0 Å². The van der Waals surface area contributed by atoms with Crippen LogP contribution >= 0.6 is 0 Å². The molecule has 0 unspecified atom stereocenters. The zero-order valence-electron chi connectivity index (χ0n) is 48.0. The first-order valence-corrected chi connectivity index (χ1v) is 27.2. The van der Waals surface area contributed by atoms with Crippen LogP contribution in [-0.2, 0) is 0 Å². The molecule has 0 bridgehead atoms. The van der Waals surface area contributed by atoms with E-state index < -0.39 is 80.6 Å². The molecular formula is C74H22F8N14. The van der Waals surface area contributed by atoms with Gasteiger partial charge in [0.1, 0.15) is 18.2 Å². The maximum atomic E-state index is 15.4. The molecule has 0 saturated heterocycles. The smallest absolute Gasteiger partial charge is 0.245 e. The fourth-order valence-electron chi connectivity index (χ4n) is 11.7. The van der Waals surface area contributed by atoms with Crippen molar-refractivity contribution in [3.63, 3.8) is 0 Å². The number of aromatic nitrogens is 2. The Morgan fingerprint density at radius 1 is 0.396 bits per heavy atom. The van der Waals surface area contributed by atoms with Crippen LogP contribution in [0.15, 0.2) is 134 Å². The SMILES string of the molecule is [C-]#[N+]/C=C1\C(c2ccc([N+]#[C-])cc2)=C([N+]#[C-])c2cc3c(cc21)C(C#N)=C(c1ccc(C#N)cc1)/C3=C\C#N.[C-]#[N+]C1=C(c2ccc([N+]#[C-])cc2)/C(=C(\[N+]#[C-])c2c(F)c(F)nc(F)c2F)c2cc3c(cc21)/C(=C(/C#N)c1c(F)c(F)nc(F)c1F)C(c1ccc(C#N)cc1)=C3C#N. The van der Waals surface area contributed by atoms with Gasteiger partial charge in [0.2, 0.25) is 17.1 Å². The van der Waals surface area contributed by atoms with Crippen molar-refractivity contribution in [2.24, 2.45) is 0 Å². The summed E-state index contributed by atoms with van der Waals surface area (Å²) in [7, 11) is 0. The van der Waals surface area contributed by atoms with Gasteiger partial charge in [-0.25, -0.2) is 46.6 Å². The van der Waals surface area contributed by atoms with Crippen LogP contribution in [0.25, 0.3) is 107 Å². The van der Waals surface area contributed by atoms with E-state index in [1.54, 1.807) is 54.6 Å². The number of allylic oxidation sites excluding steroid dienone is 12. The van der Waals surface area contributed by atoms with Crippen LogP contribution in [0.5, 0.6) is 0 Å². The highest BCUT2D eigenvalue weighted by Gasteiger charge is 2.41. The van der Waals surface area contributed by atoms with E-state index in [0.29, 0.717) is 78.2 Å². The summed E-state index contributed by atoms with van der Waals surface area (Å²) in [5.74, 6) is -16.7. The Bertz CT molecular complexity index is 5370. The summed E-state index contributed by atoms with van der Waals surface area (Å²) in [6.07, 6.45) is 2.76. The molecule has 0 spiro atoms. The van der Waals surface area contributed by atoms with Crippen LogP contribution in [-0.4, -0.2) is 9.97 Å². The molecule has 4 aliphatic carbocycles. The van der Waals surface area contributed by atoms with E-state index in [0.717, 1.165) is 12.1 Å². The lowest BCUT2D eigenvalue weighted by Crippen LogP contribution is -2.07. The van der Waals surface area contributed by atoms with Crippen molar-refractivity contribution in [1.29, 1.82) is 31.6 Å². The molecule has 0 atom stereocenters. The normalized spacial score (nSPS) is 14.7. The van der Waals surface area contributed by atoms with Gasteiger partial charge in [0.25, 0.3) is 23.8 Å². The summed E-state index contributed by atoms with van der Waals surface area (Å²) in [6.45, 7) is 46.3. The molecule has 2 heterocycles. The molecular weight excluding hydrogens is 1240 g/mol. The third kappa shape index (κ3) is 9.98. The molecule has 0 N–H and O–H groups in total. The van der Waals surface area contributed by atoms with Crippen molar-refractivity contribution in [1.82, 2.24) is 9.97 Å². The Balaban J connectivity index is 0.000000213. The van der Waals surface area contributed by atoms with Gasteiger partial charge in [0.05, 0.1) is 96.6 Å². The Hall–Kier alpha value is -15.1. The number of hydrogen-bond donors (Lipinski definition) is 0. The standard InChI is InChI=1S/C42H10F8N8.C32H12N6/c1-54-20-10-8-19(9-11-20)28-30(38(56-3)32-35(45)41(49)58-42(50)36(32)46)23-12-21-22(13-24(23)37(28)55-2)29(26(16-53)31-33(43)39(47)57-40(48)34(31)44)27(25(21)15-52)18-6-4-17(14-51)5-7-18;1-36-18-29-26-14-25-24(15-27(26)32(38-3)31(29)21-8-10-22(37-2)11-9-21)23(12-13-33)30(28(25)17-35)20-6-4-19(16-34)5-7-20/h4-13H;4-12,14-15,18H/b29-26+,38-30-;23-12-,29-18-. The average Bonchev–Trinajstić information content (AvgIpc) is 1.56. The van der Waals surface area contributed by atoms with Crippen LogP contribution in [0.2, 0.25) is 0 Å². The molecule has 444 valence electrons. The molecule has 8 aromatic rings. The molecule has 0 amide bonds. The molecule has 0 aliphatic heterocycles. The number of benzene rings is 6. The Morgan fingerprint density at radius 2 is 0.792 bits per heavy atom. The lowest BCUT2D eigenvalue weighted by Gasteiger charge is -2.16. The molecule has 0 saturated carbocycles. The lowest BCUT2D eigenvalue weighted by molar-refractivity contribution is 0.404. The summed E-state index contributed by atoms with van der Waals surface area (Å²) in [4.78, 5) is 26.0. The van der Waals surface area contributed by atoms with Crippen LogP contribution in [0.4, 0.5) is 46.5 Å². The largest absolute Gasteiger partial charge is 0.252 e. The van der Waals surface area contributed by atoms with Crippen LogP contribution in [0.3, 0.4) is 0 Å². The van der Waals surface area contributed by atoms with E-state index in [-0.39, 0.29) is 67.0 Å². The Morgan fingerprint density at radius 3 is 1.25 bits per heavy atom. The predicted molar refractivity (Wildman–Crippen MR) is 334 cm³/mol. The zero-order chi connectivity index (χ0) is 68.5. The van der Waals surface area contributed by atoms with E-state index in [9.17, 15) is 49.1 Å². The molecule has 96 heavy (non-hydrogen) atoms. The minimum Gasteiger partial charge on any atom is -0.245 e. The maximum absolute atomic E-state index is 15.4. The second kappa shape index (κ2) is 25.0. The monoisotopic (exact) mass is 1260 g/mol. The van der Waals surface area contributed by atoms with Crippen LogP contribution < -0.4 is 0 Å². The highest BCUT2D eigenvalue weighted by Crippen LogP contribution is 2.58. The van der Waals surface area contributed by atoms with Crippen molar-refractivity contribution in [3.05, 3.63) is 338 Å². The Labute approximate surface area is 538 Å². The third-order valence-electron chi connectivity index (χ3n) is 15.7. The second-order valence-corrected chi connectivity index (χ2v) is 20.4. The van der Waals surface area contributed by atoms with E-state index in [2.05, 4.69) is 57.2 Å². The molecule has 0 fully saturated rings. The van der Waals surface area contributed by atoms with Gasteiger partial charge < -0.3 is 0 Å². The molecule has 12 rings (SSSR count). The minimum absolute atomic E-state index is 0.0384. The van der Waals surface area contributed by atoms with Crippen molar-refractivity contribution in [2.45, 2.75) is 0 Å². The topological polar surface area (TPSA) is 195 Å². The molecule has 6 aromatic carbocycles. The zero-order valence-corrected chi connectivity index (χ0v) is 48.0. The number of fused-ring (bicyclic) bond motifs is 4. The number of halogens is 8. The third-order valence-corrected chi connectivity index (χ3v) is 15.7. The quantitative estimate of drug-likeness (QED) is 0.0678. The first-order valence-electron chi connectivity index (χ1n) is 27.2. The molecule has 4 aliphatic rings. The lowest BCUT2D eigenvalue weighted by atomic mass is 9.88. The number of pyridine rings is 2. The van der Waals surface area contributed by atoms with E-state index in [1.165, 1.54) is 60.8 Å². The van der Waals surface area contributed by atoms with Crippen molar-refractivity contribution in [3.8, 4) is 36.4 Å². The second-order valence-electron chi connectivity index (χ2n) is 20.4. The highest BCUT2D eigenvalue weighted by atomic mass is 19.2. The number of rotatable bonds is 6. The maximum Gasteiger partial charge on any atom is 0.252 e. The number of hydrogen-bond acceptors (Lipinski definition) is 8. The summed E-state index contributed by atoms with van der Waals surface area (Å²) < 4.78 is 120. The van der Waals surface area contributed by atoms with Gasteiger partial charge in [-0.3, -0.25) is 0 Å². The first-order chi connectivity index (χ1) is 46.4. The van der Waals surface area contributed by atoms with Crippen LogP contribution in [0.1, 0.15) is 89.0 Å². The highest BCUT2D eigenvalue weighted by molar-refractivity contribution is 6.34. The molecule has 14 nitrogen and oxygen atoms in total. The molecule has 2 aromatic heterocycles. The van der Waals surface area contributed by atoms with Gasteiger partial charge in [-0.05, 0) is 114 Å². The van der Waals surface area contributed by atoms with Gasteiger partial charge in [0.15, 0.2) is 40.8 Å². The number of nitriles is 6. The van der Waals surface area contributed by atoms with E-state index in [4.69, 9.17) is 39.4 Å². The summed E-state index contributed by atoms with van der Waals surface area (Å²) in [5, 5.41) is 59.5. The molecule has 22 heteroatoms. The summed E-state index contributed by atoms with van der Waals surface area (Å²) in [5.41, 5.74) is -0.0497. The summed E-state index contributed by atoms with van der Waals surface area (Å²) in [6, 6.07) is 41.8. The predicted octanol–water partition coefficient (Wildman–Crippen LogP) is 18.0. The average molecular weight is 1260 g/mol. The fraction of sp³-hybridized carbons (Fsp3) is 0. The van der Waals surface area contributed by atoms with Gasteiger partial charge in [-0.2, -0.15) is 59.1 Å². The van der Waals surface area contributed by atoms with E-state index in [1.807, 2.05) is 24.3 Å². The first kappa shape index (κ1) is 62.5. The van der Waals surface area contributed by atoms with Crippen molar-refractivity contribution in [2.75, 3.05) is 0 Å². The number of nitrogens with zero attached hydrogens (tertiary/aromatic N) is 14.